The summed E-state index contributed by atoms with van der Waals surface area (Å²) in [5, 5.41) is 3.08. The molecule has 0 aliphatic heterocycles. The minimum atomic E-state index is -0.393. The molecule has 1 aromatic carbocycles. The number of carbonyl (C=O) groups excluding carboxylic acids is 1. The number of hydrogen-bond acceptors (Lipinski definition) is 3. The van der Waals surface area contributed by atoms with E-state index < -0.39 is 5.60 Å². The Labute approximate surface area is 109 Å². The van der Waals surface area contributed by atoms with Gasteiger partial charge < -0.3 is 5.32 Å². The van der Waals surface area contributed by atoms with Gasteiger partial charge in [-0.15, -0.1) is 0 Å². The molecule has 0 fully saturated rings. The summed E-state index contributed by atoms with van der Waals surface area (Å²) >= 11 is 0. The fraction of sp³-hybridized carbons (Fsp3) is 0.500. The van der Waals surface area contributed by atoms with E-state index in [1.54, 1.807) is 0 Å². The molecular formula is C14H22N2O2. The minimum Gasteiger partial charge on any atom is -0.319 e. The summed E-state index contributed by atoms with van der Waals surface area (Å²) in [5.74, 6) is -0.198. The topological polar surface area (TPSA) is 50.4 Å². The molecule has 1 amide bonds. The molecule has 1 aromatic rings. The molecular weight excluding hydrogens is 228 g/mol. The third-order valence-corrected chi connectivity index (χ3v) is 2.36. The SMILES string of the molecule is CNCCc1ccccc1C(=O)NOC(C)(C)C. The number of hydrogen-bond donors (Lipinski definition) is 2. The standard InChI is InChI=1S/C14H22N2O2/c1-14(2,3)18-16-13(17)12-8-6-5-7-11(12)9-10-15-4/h5-8,15H,9-10H2,1-4H3,(H,16,17). The molecule has 1 rings (SSSR count). The lowest BCUT2D eigenvalue weighted by Gasteiger charge is -2.19. The highest BCUT2D eigenvalue weighted by Gasteiger charge is 2.15. The number of nitrogens with one attached hydrogen (secondary N) is 2. The van der Waals surface area contributed by atoms with E-state index >= 15 is 0 Å². The summed E-state index contributed by atoms with van der Waals surface area (Å²) in [7, 11) is 1.89. The number of amides is 1. The van der Waals surface area contributed by atoms with E-state index in [-0.39, 0.29) is 5.91 Å². The van der Waals surface area contributed by atoms with Crippen molar-refractivity contribution < 1.29 is 9.63 Å². The second-order valence-corrected chi connectivity index (χ2v) is 5.16. The Balaban J connectivity index is 2.72. The van der Waals surface area contributed by atoms with E-state index in [4.69, 9.17) is 4.84 Å². The van der Waals surface area contributed by atoms with Crippen molar-refractivity contribution in [1.82, 2.24) is 10.8 Å². The van der Waals surface area contributed by atoms with Gasteiger partial charge in [0.05, 0.1) is 5.60 Å². The predicted molar refractivity (Wildman–Crippen MR) is 72.4 cm³/mol. The zero-order valence-electron chi connectivity index (χ0n) is 11.5. The molecule has 0 aromatic heterocycles. The van der Waals surface area contributed by atoms with Crippen molar-refractivity contribution in [3.8, 4) is 0 Å². The summed E-state index contributed by atoms with van der Waals surface area (Å²) < 4.78 is 0. The third kappa shape index (κ3) is 4.85. The first-order chi connectivity index (χ1) is 8.44. The highest BCUT2D eigenvalue weighted by atomic mass is 16.7. The second kappa shape index (κ2) is 6.52. The van der Waals surface area contributed by atoms with Gasteiger partial charge in [0, 0.05) is 5.56 Å². The van der Waals surface area contributed by atoms with Crippen molar-refractivity contribution in [2.75, 3.05) is 13.6 Å². The Morgan fingerprint density at radius 1 is 1.28 bits per heavy atom. The Morgan fingerprint density at radius 3 is 2.56 bits per heavy atom. The van der Waals surface area contributed by atoms with Gasteiger partial charge in [0.2, 0.25) is 0 Å². The summed E-state index contributed by atoms with van der Waals surface area (Å²) in [6, 6.07) is 7.57. The largest absolute Gasteiger partial charge is 0.319 e. The maximum atomic E-state index is 12.0. The van der Waals surface area contributed by atoms with Crippen molar-refractivity contribution >= 4 is 5.91 Å². The van der Waals surface area contributed by atoms with Crippen LogP contribution in [0.15, 0.2) is 24.3 Å². The smallest absolute Gasteiger partial charge is 0.275 e. The van der Waals surface area contributed by atoms with Crippen LogP contribution in [0.3, 0.4) is 0 Å². The molecule has 0 aliphatic rings. The van der Waals surface area contributed by atoms with E-state index in [1.165, 1.54) is 0 Å². The first kappa shape index (κ1) is 14.7. The van der Waals surface area contributed by atoms with Crippen molar-refractivity contribution in [2.24, 2.45) is 0 Å². The lowest BCUT2D eigenvalue weighted by molar-refractivity contribution is -0.0590. The van der Waals surface area contributed by atoms with Crippen LogP contribution in [0.1, 0.15) is 36.7 Å². The van der Waals surface area contributed by atoms with Crippen LogP contribution in [0.4, 0.5) is 0 Å². The van der Waals surface area contributed by atoms with Gasteiger partial charge in [-0.25, -0.2) is 5.48 Å². The molecule has 0 aliphatic carbocycles. The molecule has 0 spiro atoms. The Kier molecular flexibility index (Phi) is 5.31. The van der Waals surface area contributed by atoms with E-state index in [2.05, 4.69) is 10.8 Å². The minimum absolute atomic E-state index is 0.198. The van der Waals surface area contributed by atoms with Crippen LogP contribution in [0.2, 0.25) is 0 Å². The lowest BCUT2D eigenvalue weighted by Crippen LogP contribution is -2.34. The van der Waals surface area contributed by atoms with Gasteiger partial charge in [-0.3, -0.25) is 9.63 Å². The number of benzene rings is 1. The quantitative estimate of drug-likeness (QED) is 0.785. The highest BCUT2D eigenvalue weighted by Crippen LogP contribution is 2.10. The molecule has 0 radical (unpaired) electrons. The number of hydroxylamine groups is 1. The first-order valence-corrected chi connectivity index (χ1v) is 6.15. The monoisotopic (exact) mass is 250 g/mol. The predicted octanol–water partition coefficient (Wildman–Crippen LogP) is 1.91. The maximum absolute atomic E-state index is 12.0. The van der Waals surface area contributed by atoms with Crippen LogP contribution < -0.4 is 10.8 Å². The summed E-state index contributed by atoms with van der Waals surface area (Å²) in [6.45, 7) is 6.50. The highest BCUT2D eigenvalue weighted by molar-refractivity contribution is 5.95. The van der Waals surface area contributed by atoms with E-state index in [0.717, 1.165) is 18.5 Å². The molecule has 4 heteroatoms. The average molecular weight is 250 g/mol. The molecule has 4 nitrogen and oxygen atoms in total. The second-order valence-electron chi connectivity index (χ2n) is 5.16. The van der Waals surface area contributed by atoms with Gasteiger partial charge in [0.15, 0.2) is 0 Å². The fourth-order valence-electron chi connectivity index (χ4n) is 1.47. The zero-order chi connectivity index (χ0) is 13.6. The van der Waals surface area contributed by atoms with Crippen molar-refractivity contribution in [3.05, 3.63) is 35.4 Å². The first-order valence-electron chi connectivity index (χ1n) is 6.15. The molecule has 18 heavy (non-hydrogen) atoms. The van der Waals surface area contributed by atoms with Crippen LogP contribution in [-0.4, -0.2) is 25.1 Å². The Bertz CT molecular complexity index is 397. The summed E-state index contributed by atoms with van der Waals surface area (Å²) in [4.78, 5) is 17.3. The number of likely N-dealkylation sites (N-methyl/N-ethyl adjacent to an activating group) is 1. The number of carbonyl (C=O) groups is 1. The molecule has 0 saturated heterocycles. The summed E-state index contributed by atoms with van der Waals surface area (Å²) in [6.07, 6.45) is 0.815. The van der Waals surface area contributed by atoms with Gasteiger partial charge in [-0.05, 0) is 52.4 Å². The van der Waals surface area contributed by atoms with Gasteiger partial charge in [-0.1, -0.05) is 18.2 Å². The molecule has 0 heterocycles. The molecule has 100 valence electrons. The van der Waals surface area contributed by atoms with E-state index in [1.807, 2.05) is 52.1 Å². The summed E-state index contributed by atoms with van der Waals surface area (Å²) in [5.41, 5.74) is 3.78. The molecule has 0 bridgehead atoms. The van der Waals surface area contributed by atoms with Gasteiger partial charge in [0.1, 0.15) is 0 Å². The zero-order valence-corrected chi connectivity index (χ0v) is 11.5. The van der Waals surface area contributed by atoms with Crippen LogP contribution >= 0.6 is 0 Å². The van der Waals surface area contributed by atoms with Gasteiger partial charge in [0.25, 0.3) is 5.91 Å². The van der Waals surface area contributed by atoms with Crippen LogP contribution in [0, 0.1) is 0 Å². The van der Waals surface area contributed by atoms with Crippen LogP contribution in [0.5, 0.6) is 0 Å². The van der Waals surface area contributed by atoms with Crippen molar-refractivity contribution in [2.45, 2.75) is 32.8 Å². The Hall–Kier alpha value is -1.39. The van der Waals surface area contributed by atoms with Crippen LogP contribution in [-0.2, 0) is 11.3 Å². The number of rotatable bonds is 5. The normalized spacial score (nSPS) is 11.3. The molecule has 0 atom stereocenters. The fourth-order valence-corrected chi connectivity index (χ4v) is 1.47. The van der Waals surface area contributed by atoms with Gasteiger partial charge in [-0.2, -0.15) is 0 Å². The molecule has 0 saturated carbocycles. The Morgan fingerprint density at radius 2 is 1.94 bits per heavy atom. The van der Waals surface area contributed by atoms with Crippen LogP contribution in [0.25, 0.3) is 0 Å². The van der Waals surface area contributed by atoms with Crippen molar-refractivity contribution in [3.63, 3.8) is 0 Å². The van der Waals surface area contributed by atoms with Crippen molar-refractivity contribution in [1.29, 1.82) is 0 Å². The van der Waals surface area contributed by atoms with E-state index in [0.29, 0.717) is 5.56 Å². The van der Waals surface area contributed by atoms with E-state index in [9.17, 15) is 4.79 Å². The van der Waals surface area contributed by atoms with Gasteiger partial charge >= 0.3 is 0 Å². The molecule has 0 unspecified atom stereocenters. The lowest BCUT2D eigenvalue weighted by atomic mass is 10.0. The molecule has 2 N–H and O–H groups in total. The maximum Gasteiger partial charge on any atom is 0.275 e. The third-order valence-electron chi connectivity index (χ3n) is 2.36. The average Bonchev–Trinajstić information content (AvgIpc) is 2.33.